The van der Waals surface area contributed by atoms with Gasteiger partial charge in [-0.05, 0) is 18.3 Å². The average Bonchev–Trinajstić information content (AvgIpc) is 2.01. The maximum atomic E-state index is 2.39. The van der Waals surface area contributed by atoms with E-state index in [0.717, 1.165) is 0 Å². The Morgan fingerprint density at radius 1 is 1.10 bits per heavy atom. The Kier molecular flexibility index (Phi) is 4.76. The SMILES string of the molecule is C[CH]C(CC)(CC)CCC. The monoisotopic (exact) mass is 141 g/mol. The standard InChI is InChI=1S/C10H21/c1-5-9-10(6-2,7-3)8-4/h6H,5,7-9H2,1-4H3. The van der Waals surface area contributed by atoms with Crippen LogP contribution in [0.2, 0.25) is 0 Å². The van der Waals surface area contributed by atoms with Gasteiger partial charge in [0.05, 0.1) is 0 Å². The van der Waals surface area contributed by atoms with Gasteiger partial charge in [0.2, 0.25) is 0 Å². The zero-order chi connectivity index (χ0) is 8.04. The van der Waals surface area contributed by atoms with Crippen molar-refractivity contribution in [3.05, 3.63) is 6.42 Å². The Balaban J connectivity index is 3.87. The molecule has 0 amide bonds. The van der Waals surface area contributed by atoms with E-state index in [1.165, 1.54) is 25.7 Å². The molecule has 0 aromatic carbocycles. The number of hydrogen-bond donors (Lipinski definition) is 0. The van der Waals surface area contributed by atoms with Crippen LogP contribution in [0.25, 0.3) is 0 Å². The summed E-state index contributed by atoms with van der Waals surface area (Å²) in [6.45, 7) is 9.05. The number of rotatable bonds is 5. The molecule has 10 heavy (non-hydrogen) atoms. The lowest BCUT2D eigenvalue weighted by molar-refractivity contribution is 0.291. The normalized spacial score (nSPS) is 12.0. The second kappa shape index (κ2) is 4.76. The van der Waals surface area contributed by atoms with Crippen molar-refractivity contribution in [1.82, 2.24) is 0 Å². The zero-order valence-electron chi connectivity index (χ0n) is 7.91. The summed E-state index contributed by atoms with van der Waals surface area (Å²) in [6.07, 6.45) is 7.65. The molecule has 0 spiro atoms. The third kappa shape index (κ3) is 2.32. The Labute approximate surface area is 66.0 Å². The largest absolute Gasteiger partial charge is 0.0654 e. The molecule has 0 aliphatic carbocycles. The van der Waals surface area contributed by atoms with Gasteiger partial charge >= 0.3 is 0 Å². The molecule has 0 aliphatic heterocycles. The van der Waals surface area contributed by atoms with E-state index in [-0.39, 0.29) is 0 Å². The van der Waals surface area contributed by atoms with Crippen molar-refractivity contribution >= 4 is 0 Å². The molecule has 0 unspecified atom stereocenters. The van der Waals surface area contributed by atoms with Crippen molar-refractivity contribution in [2.24, 2.45) is 5.41 Å². The average molecular weight is 141 g/mol. The molecule has 0 saturated heterocycles. The van der Waals surface area contributed by atoms with Crippen LogP contribution in [0.5, 0.6) is 0 Å². The van der Waals surface area contributed by atoms with Gasteiger partial charge in [-0.25, -0.2) is 0 Å². The topological polar surface area (TPSA) is 0 Å². The van der Waals surface area contributed by atoms with Crippen molar-refractivity contribution in [2.45, 2.75) is 53.4 Å². The highest BCUT2D eigenvalue weighted by Gasteiger charge is 2.21. The van der Waals surface area contributed by atoms with Gasteiger partial charge < -0.3 is 0 Å². The van der Waals surface area contributed by atoms with Crippen LogP contribution in [0.3, 0.4) is 0 Å². The molecule has 0 heterocycles. The molecule has 0 aromatic heterocycles. The van der Waals surface area contributed by atoms with Gasteiger partial charge in [-0.15, -0.1) is 0 Å². The van der Waals surface area contributed by atoms with Crippen molar-refractivity contribution in [3.63, 3.8) is 0 Å². The first-order chi connectivity index (χ1) is 4.74. The van der Waals surface area contributed by atoms with Gasteiger partial charge in [-0.1, -0.05) is 47.0 Å². The molecule has 0 atom stereocenters. The lowest BCUT2D eigenvalue weighted by atomic mass is 9.76. The molecule has 0 heteroatoms. The molecule has 61 valence electrons. The van der Waals surface area contributed by atoms with E-state index in [1.54, 1.807) is 0 Å². The molecular formula is C10H21. The Hall–Kier alpha value is 0. The van der Waals surface area contributed by atoms with Crippen LogP contribution in [-0.4, -0.2) is 0 Å². The molecule has 0 aromatic rings. The summed E-state index contributed by atoms with van der Waals surface area (Å²) < 4.78 is 0. The summed E-state index contributed by atoms with van der Waals surface area (Å²) in [5.74, 6) is 0. The predicted octanol–water partition coefficient (Wildman–Crippen LogP) is 3.82. The second-order valence-corrected chi connectivity index (χ2v) is 3.11. The maximum Gasteiger partial charge on any atom is -0.0274 e. The summed E-state index contributed by atoms with van der Waals surface area (Å²) in [5, 5.41) is 0. The van der Waals surface area contributed by atoms with E-state index >= 15 is 0 Å². The molecule has 0 aliphatic rings. The van der Waals surface area contributed by atoms with Crippen LogP contribution in [-0.2, 0) is 0 Å². The minimum atomic E-state index is 0.550. The Morgan fingerprint density at radius 2 is 1.60 bits per heavy atom. The predicted molar refractivity (Wildman–Crippen MR) is 47.9 cm³/mol. The lowest BCUT2D eigenvalue weighted by Crippen LogP contribution is -2.17. The van der Waals surface area contributed by atoms with Crippen molar-refractivity contribution in [3.8, 4) is 0 Å². The van der Waals surface area contributed by atoms with Gasteiger partial charge in [0.25, 0.3) is 0 Å². The summed E-state index contributed by atoms with van der Waals surface area (Å²) >= 11 is 0. The van der Waals surface area contributed by atoms with E-state index in [0.29, 0.717) is 5.41 Å². The van der Waals surface area contributed by atoms with Crippen LogP contribution in [0, 0.1) is 11.8 Å². The molecule has 0 N–H and O–H groups in total. The van der Waals surface area contributed by atoms with E-state index in [2.05, 4.69) is 34.1 Å². The molecule has 0 nitrogen and oxygen atoms in total. The van der Waals surface area contributed by atoms with Crippen LogP contribution in [0.4, 0.5) is 0 Å². The third-order valence-corrected chi connectivity index (χ3v) is 2.77. The molecule has 0 rings (SSSR count). The van der Waals surface area contributed by atoms with Crippen LogP contribution in [0.15, 0.2) is 0 Å². The summed E-state index contributed by atoms with van der Waals surface area (Å²) in [6, 6.07) is 0. The van der Waals surface area contributed by atoms with Crippen molar-refractivity contribution in [1.29, 1.82) is 0 Å². The smallest absolute Gasteiger partial charge is 0.0274 e. The van der Waals surface area contributed by atoms with Crippen molar-refractivity contribution < 1.29 is 0 Å². The molecule has 0 fully saturated rings. The summed E-state index contributed by atoms with van der Waals surface area (Å²) in [4.78, 5) is 0. The first-order valence-corrected chi connectivity index (χ1v) is 4.55. The highest BCUT2D eigenvalue weighted by atomic mass is 14.3. The molecular weight excluding hydrogens is 120 g/mol. The Morgan fingerprint density at radius 3 is 1.70 bits per heavy atom. The Bertz CT molecular complexity index is 61.8. The number of hydrogen-bond acceptors (Lipinski definition) is 0. The van der Waals surface area contributed by atoms with Crippen molar-refractivity contribution in [2.75, 3.05) is 0 Å². The molecule has 0 saturated carbocycles. The fourth-order valence-electron chi connectivity index (χ4n) is 1.65. The fraction of sp³-hybridized carbons (Fsp3) is 0.900. The van der Waals surface area contributed by atoms with Gasteiger partial charge in [-0.2, -0.15) is 0 Å². The van der Waals surface area contributed by atoms with Gasteiger partial charge in [0.15, 0.2) is 0 Å². The van der Waals surface area contributed by atoms with E-state index in [1.807, 2.05) is 0 Å². The highest BCUT2D eigenvalue weighted by molar-refractivity contribution is 4.86. The zero-order valence-corrected chi connectivity index (χ0v) is 7.91. The minimum absolute atomic E-state index is 0.550. The van der Waals surface area contributed by atoms with E-state index in [9.17, 15) is 0 Å². The van der Waals surface area contributed by atoms with Gasteiger partial charge in [0, 0.05) is 0 Å². The third-order valence-electron chi connectivity index (χ3n) is 2.77. The first-order valence-electron chi connectivity index (χ1n) is 4.55. The van der Waals surface area contributed by atoms with Crippen LogP contribution in [0.1, 0.15) is 53.4 Å². The second-order valence-electron chi connectivity index (χ2n) is 3.11. The molecule has 1 radical (unpaired) electrons. The lowest BCUT2D eigenvalue weighted by Gasteiger charge is -2.29. The minimum Gasteiger partial charge on any atom is -0.0654 e. The molecule has 0 bridgehead atoms. The fourth-order valence-corrected chi connectivity index (χ4v) is 1.65. The first kappa shape index (κ1) is 10.0. The van der Waals surface area contributed by atoms with E-state index < -0.39 is 0 Å². The van der Waals surface area contributed by atoms with Gasteiger partial charge in [-0.3, -0.25) is 0 Å². The quantitative estimate of drug-likeness (QED) is 0.546. The highest BCUT2D eigenvalue weighted by Crippen LogP contribution is 2.34. The summed E-state index contributed by atoms with van der Waals surface area (Å²) in [7, 11) is 0. The van der Waals surface area contributed by atoms with Crippen LogP contribution < -0.4 is 0 Å². The summed E-state index contributed by atoms with van der Waals surface area (Å²) in [5.41, 5.74) is 0.550. The van der Waals surface area contributed by atoms with Gasteiger partial charge in [0.1, 0.15) is 0 Å². The van der Waals surface area contributed by atoms with Crippen LogP contribution >= 0.6 is 0 Å². The van der Waals surface area contributed by atoms with E-state index in [4.69, 9.17) is 0 Å². The maximum absolute atomic E-state index is 2.39.